The van der Waals surface area contributed by atoms with Crippen LogP contribution in [0, 0.1) is 0 Å². The molecule has 0 aromatic carbocycles. The van der Waals surface area contributed by atoms with Crippen LogP contribution in [0.15, 0.2) is 12.1 Å². The number of carboxylic acid groups (broad SMARTS) is 1. The first kappa shape index (κ1) is 12.0. The SMILES string of the molecule is O=C(NC(CO)C(=O)O)c1ccc(Cl)s1. The number of nitrogens with one attached hydrogen (secondary N) is 1. The molecular formula is C8H8ClNO4S. The van der Waals surface area contributed by atoms with Crippen LogP contribution in [-0.4, -0.2) is 34.7 Å². The van der Waals surface area contributed by atoms with Gasteiger partial charge in [-0.25, -0.2) is 4.79 Å². The number of hydrogen-bond acceptors (Lipinski definition) is 4. The fraction of sp³-hybridized carbons (Fsp3) is 0.250. The van der Waals surface area contributed by atoms with Gasteiger partial charge in [0.05, 0.1) is 15.8 Å². The summed E-state index contributed by atoms with van der Waals surface area (Å²) in [7, 11) is 0. The van der Waals surface area contributed by atoms with Crippen molar-refractivity contribution in [1.29, 1.82) is 0 Å². The number of carbonyl (C=O) groups is 2. The quantitative estimate of drug-likeness (QED) is 0.728. The number of halogens is 1. The Balaban J connectivity index is 2.66. The zero-order valence-corrected chi connectivity index (χ0v) is 9.01. The molecule has 1 aromatic heterocycles. The number of thiophene rings is 1. The summed E-state index contributed by atoms with van der Waals surface area (Å²) in [6.07, 6.45) is 0. The van der Waals surface area contributed by atoms with Crippen LogP contribution in [0.1, 0.15) is 9.67 Å². The molecule has 0 saturated carbocycles. The van der Waals surface area contributed by atoms with Crippen molar-refractivity contribution < 1.29 is 19.8 Å². The van der Waals surface area contributed by atoms with Crippen LogP contribution >= 0.6 is 22.9 Å². The minimum absolute atomic E-state index is 0.305. The first-order valence-electron chi connectivity index (χ1n) is 3.94. The zero-order chi connectivity index (χ0) is 11.4. The van der Waals surface area contributed by atoms with Crippen LogP contribution in [0.5, 0.6) is 0 Å². The second kappa shape index (κ2) is 5.11. The highest BCUT2D eigenvalue weighted by Gasteiger charge is 2.20. The Morgan fingerprint density at radius 1 is 1.53 bits per heavy atom. The molecule has 1 aromatic rings. The van der Waals surface area contributed by atoms with Crippen molar-refractivity contribution in [3.05, 3.63) is 21.3 Å². The van der Waals surface area contributed by atoms with Gasteiger partial charge in [0.2, 0.25) is 0 Å². The van der Waals surface area contributed by atoms with E-state index in [1.807, 2.05) is 0 Å². The summed E-state index contributed by atoms with van der Waals surface area (Å²) in [6, 6.07) is 1.73. The molecule has 0 spiro atoms. The van der Waals surface area contributed by atoms with E-state index in [9.17, 15) is 9.59 Å². The van der Waals surface area contributed by atoms with Crippen LogP contribution in [0.3, 0.4) is 0 Å². The second-order valence-corrected chi connectivity index (χ2v) is 4.37. The lowest BCUT2D eigenvalue weighted by atomic mass is 10.3. The molecule has 1 unspecified atom stereocenters. The van der Waals surface area contributed by atoms with Gasteiger partial charge in [-0.05, 0) is 12.1 Å². The Bertz CT molecular complexity index is 378. The fourth-order valence-corrected chi connectivity index (χ4v) is 1.80. The number of carboxylic acids is 1. The van der Waals surface area contributed by atoms with Gasteiger partial charge in [-0.1, -0.05) is 11.6 Å². The summed E-state index contributed by atoms with van der Waals surface area (Å²) in [5, 5.41) is 19.4. The van der Waals surface area contributed by atoms with Crippen molar-refractivity contribution in [2.75, 3.05) is 6.61 Å². The van der Waals surface area contributed by atoms with Crippen molar-refractivity contribution in [2.45, 2.75) is 6.04 Å². The van der Waals surface area contributed by atoms with Crippen LogP contribution in [0.25, 0.3) is 0 Å². The maximum atomic E-state index is 11.4. The summed E-state index contributed by atoms with van der Waals surface area (Å²) in [5.41, 5.74) is 0. The van der Waals surface area contributed by atoms with E-state index >= 15 is 0 Å². The third-order valence-corrected chi connectivity index (χ3v) is 2.81. The number of aliphatic hydroxyl groups excluding tert-OH is 1. The van der Waals surface area contributed by atoms with Gasteiger partial charge in [-0.3, -0.25) is 4.79 Å². The lowest BCUT2D eigenvalue weighted by Gasteiger charge is -2.09. The van der Waals surface area contributed by atoms with Gasteiger partial charge >= 0.3 is 5.97 Å². The average Bonchev–Trinajstić information content (AvgIpc) is 2.60. The topological polar surface area (TPSA) is 86.6 Å². The summed E-state index contributed by atoms with van der Waals surface area (Å²) >= 11 is 6.65. The van der Waals surface area contributed by atoms with E-state index in [0.717, 1.165) is 11.3 Å². The molecule has 0 aliphatic heterocycles. The molecule has 0 radical (unpaired) electrons. The molecular weight excluding hydrogens is 242 g/mol. The minimum Gasteiger partial charge on any atom is -0.480 e. The highest BCUT2D eigenvalue weighted by Crippen LogP contribution is 2.21. The van der Waals surface area contributed by atoms with Crippen molar-refractivity contribution in [3.63, 3.8) is 0 Å². The van der Waals surface area contributed by atoms with Gasteiger partial charge < -0.3 is 15.5 Å². The maximum absolute atomic E-state index is 11.4. The van der Waals surface area contributed by atoms with Crippen LogP contribution < -0.4 is 5.32 Å². The molecule has 7 heteroatoms. The van der Waals surface area contributed by atoms with E-state index in [-0.39, 0.29) is 0 Å². The van der Waals surface area contributed by atoms with Gasteiger partial charge in [0.15, 0.2) is 6.04 Å². The molecule has 0 saturated heterocycles. The van der Waals surface area contributed by atoms with Gasteiger partial charge in [0.1, 0.15) is 0 Å². The molecule has 82 valence electrons. The van der Waals surface area contributed by atoms with E-state index < -0.39 is 24.5 Å². The lowest BCUT2D eigenvalue weighted by molar-refractivity contribution is -0.140. The number of carbonyl (C=O) groups excluding carboxylic acids is 1. The average molecular weight is 250 g/mol. The lowest BCUT2D eigenvalue weighted by Crippen LogP contribution is -2.43. The summed E-state index contributed by atoms with van der Waals surface area (Å²) in [6.45, 7) is -0.653. The van der Waals surface area contributed by atoms with Crippen LogP contribution in [0.4, 0.5) is 0 Å². The Hall–Kier alpha value is -1.11. The van der Waals surface area contributed by atoms with Crippen molar-refractivity contribution in [2.24, 2.45) is 0 Å². The summed E-state index contributed by atoms with van der Waals surface area (Å²) in [5.74, 6) is -1.85. The third-order valence-electron chi connectivity index (χ3n) is 1.58. The van der Waals surface area contributed by atoms with E-state index in [1.165, 1.54) is 12.1 Å². The number of hydrogen-bond donors (Lipinski definition) is 3. The molecule has 3 N–H and O–H groups in total. The molecule has 1 amide bonds. The number of amides is 1. The Morgan fingerprint density at radius 3 is 2.60 bits per heavy atom. The van der Waals surface area contributed by atoms with Crippen molar-refractivity contribution >= 4 is 34.8 Å². The molecule has 15 heavy (non-hydrogen) atoms. The molecule has 0 fully saturated rings. The zero-order valence-electron chi connectivity index (χ0n) is 7.44. The first-order chi connectivity index (χ1) is 7.04. The van der Waals surface area contributed by atoms with Crippen molar-refractivity contribution in [3.8, 4) is 0 Å². The summed E-state index contributed by atoms with van der Waals surface area (Å²) in [4.78, 5) is 22.2. The minimum atomic E-state index is -1.29. The third kappa shape index (κ3) is 3.19. The van der Waals surface area contributed by atoms with Gasteiger partial charge in [-0.15, -0.1) is 11.3 Å². The standard InChI is InChI=1S/C8H8ClNO4S/c9-6-2-1-5(15-6)7(12)10-4(3-11)8(13)14/h1-2,4,11H,3H2,(H,10,12)(H,13,14). The fourth-order valence-electron chi connectivity index (χ4n) is 0.851. The molecule has 1 heterocycles. The first-order valence-corrected chi connectivity index (χ1v) is 5.14. The largest absolute Gasteiger partial charge is 0.480 e. The predicted octanol–water partition coefficient (Wildman–Crippen LogP) is 0.577. The van der Waals surface area contributed by atoms with Crippen LogP contribution in [-0.2, 0) is 4.79 Å². The molecule has 0 aliphatic rings. The van der Waals surface area contributed by atoms with Gasteiger partial charge in [-0.2, -0.15) is 0 Å². The van der Waals surface area contributed by atoms with E-state index in [0.29, 0.717) is 9.21 Å². The number of rotatable bonds is 4. The van der Waals surface area contributed by atoms with E-state index in [1.54, 1.807) is 0 Å². The Kier molecular flexibility index (Phi) is 4.07. The Labute approximate surface area is 94.3 Å². The molecule has 0 aliphatic carbocycles. The molecule has 5 nitrogen and oxygen atoms in total. The predicted molar refractivity (Wildman–Crippen MR) is 55.3 cm³/mol. The highest BCUT2D eigenvalue weighted by molar-refractivity contribution is 7.18. The maximum Gasteiger partial charge on any atom is 0.328 e. The van der Waals surface area contributed by atoms with Crippen molar-refractivity contribution in [1.82, 2.24) is 5.32 Å². The molecule has 1 atom stereocenters. The smallest absolute Gasteiger partial charge is 0.328 e. The molecule has 0 bridgehead atoms. The van der Waals surface area contributed by atoms with Gasteiger partial charge in [0, 0.05) is 0 Å². The molecule has 1 rings (SSSR count). The highest BCUT2D eigenvalue weighted by atomic mass is 35.5. The van der Waals surface area contributed by atoms with Gasteiger partial charge in [0.25, 0.3) is 5.91 Å². The summed E-state index contributed by atoms with van der Waals surface area (Å²) < 4.78 is 0.441. The van der Waals surface area contributed by atoms with Crippen LogP contribution in [0.2, 0.25) is 4.34 Å². The van der Waals surface area contributed by atoms with E-state index in [4.69, 9.17) is 21.8 Å². The van der Waals surface area contributed by atoms with E-state index in [2.05, 4.69) is 5.32 Å². The number of aliphatic hydroxyl groups is 1. The normalized spacial score (nSPS) is 12.1. The monoisotopic (exact) mass is 249 g/mol. The Morgan fingerprint density at radius 2 is 2.20 bits per heavy atom. The number of aliphatic carboxylic acids is 1. The second-order valence-electron chi connectivity index (χ2n) is 2.65.